The Kier molecular flexibility index (Phi) is 5.57. The van der Waals surface area contributed by atoms with Crippen molar-refractivity contribution < 1.29 is 17.9 Å². The van der Waals surface area contributed by atoms with Crippen LogP contribution in [0.4, 0.5) is 11.6 Å². The van der Waals surface area contributed by atoms with Crippen molar-refractivity contribution in [3.05, 3.63) is 47.6 Å². The molecule has 3 N–H and O–H groups in total. The Labute approximate surface area is 188 Å². The molecule has 0 bridgehead atoms. The molecule has 11 heteroatoms. The Balaban J connectivity index is 1.65. The summed E-state index contributed by atoms with van der Waals surface area (Å²) in [4.78, 5) is 25.5. The van der Waals surface area contributed by atoms with E-state index in [0.717, 1.165) is 15.6 Å². The number of hydrogen-bond donors (Lipinski definition) is 2. The number of ether oxygens (including phenoxy) is 1. The van der Waals surface area contributed by atoms with Gasteiger partial charge in [-0.05, 0) is 51.1 Å². The standard InChI is InChI=1S/C21H21N5O4S2/c1-21(2,3)19(27)30-11-16-25-15-8-7-12-10-23-20(26-17(12)18(15)31-16)24-13-5-4-6-14(9-13)32(22,28)29/h4-10H,11H2,1-3H3,(H2,22,28,29)(H,23,24,26). The number of nitrogens with one attached hydrogen (secondary N) is 1. The van der Waals surface area contributed by atoms with Gasteiger partial charge in [0.25, 0.3) is 0 Å². The van der Waals surface area contributed by atoms with Crippen molar-refractivity contribution in [1.29, 1.82) is 0 Å². The molecule has 0 saturated heterocycles. The highest BCUT2D eigenvalue weighted by Gasteiger charge is 2.23. The number of anilines is 2. The minimum Gasteiger partial charge on any atom is -0.458 e. The first-order chi connectivity index (χ1) is 15.0. The number of esters is 1. The van der Waals surface area contributed by atoms with Gasteiger partial charge in [-0.25, -0.2) is 28.5 Å². The molecule has 0 spiro atoms. The summed E-state index contributed by atoms with van der Waals surface area (Å²) in [5, 5.41) is 9.70. The first-order valence-corrected chi connectivity index (χ1v) is 12.0. The molecule has 0 unspecified atom stereocenters. The maximum atomic E-state index is 12.0. The molecule has 2 heterocycles. The zero-order valence-corrected chi connectivity index (χ0v) is 19.3. The predicted octanol–water partition coefficient (Wildman–Crippen LogP) is 3.72. The van der Waals surface area contributed by atoms with Gasteiger partial charge < -0.3 is 10.1 Å². The van der Waals surface area contributed by atoms with Crippen LogP contribution in [0.3, 0.4) is 0 Å². The van der Waals surface area contributed by atoms with Gasteiger partial charge in [0.05, 0.1) is 26.0 Å². The molecule has 0 atom stereocenters. The van der Waals surface area contributed by atoms with Gasteiger partial charge in [-0.15, -0.1) is 11.3 Å². The summed E-state index contributed by atoms with van der Waals surface area (Å²) in [6.07, 6.45) is 1.67. The summed E-state index contributed by atoms with van der Waals surface area (Å²) in [6.45, 7) is 5.48. The lowest BCUT2D eigenvalue weighted by atomic mass is 9.97. The molecule has 0 aliphatic rings. The molecule has 2 aromatic heterocycles. The van der Waals surface area contributed by atoms with Crippen LogP contribution in [-0.2, 0) is 26.2 Å². The molecule has 0 saturated carbocycles. The quantitative estimate of drug-likeness (QED) is 0.420. The largest absolute Gasteiger partial charge is 0.458 e. The average Bonchev–Trinajstić information content (AvgIpc) is 3.14. The van der Waals surface area contributed by atoms with Crippen molar-refractivity contribution in [1.82, 2.24) is 15.0 Å². The van der Waals surface area contributed by atoms with E-state index >= 15 is 0 Å². The number of thiazole rings is 1. The molecule has 9 nitrogen and oxygen atoms in total. The van der Waals surface area contributed by atoms with Crippen molar-refractivity contribution in [2.45, 2.75) is 32.3 Å². The molecule has 4 rings (SSSR count). The van der Waals surface area contributed by atoms with Crippen LogP contribution in [0, 0.1) is 5.41 Å². The Morgan fingerprint density at radius 2 is 1.97 bits per heavy atom. The summed E-state index contributed by atoms with van der Waals surface area (Å²) < 4.78 is 29.4. The molecule has 0 amide bonds. The van der Waals surface area contributed by atoms with Crippen LogP contribution in [0.1, 0.15) is 25.8 Å². The highest BCUT2D eigenvalue weighted by molar-refractivity contribution is 7.89. The number of hydrogen-bond acceptors (Lipinski definition) is 9. The van der Waals surface area contributed by atoms with E-state index in [1.54, 1.807) is 39.1 Å². The Morgan fingerprint density at radius 1 is 1.19 bits per heavy atom. The van der Waals surface area contributed by atoms with Crippen molar-refractivity contribution in [2.75, 3.05) is 5.32 Å². The van der Waals surface area contributed by atoms with E-state index in [0.29, 0.717) is 22.2 Å². The fourth-order valence-electron chi connectivity index (χ4n) is 2.87. The number of nitrogens with zero attached hydrogens (tertiary/aromatic N) is 3. The molecule has 4 aromatic rings. The minimum atomic E-state index is -3.82. The second kappa shape index (κ2) is 8.08. The topological polar surface area (TPSA) is 137 Å². The smallest absolute Gasteiger partial charge is 0.311 e. The maximum Gasteiger partial charge on any atom is 0.311 e. The lowest BCUT2D eigenvalue weighted by Crippen LogP contribution is -2.22. The molecule has 2 aromatic carbocycles. The van der Waals surface area contributed by atoms with Gasteiger partial charge in [0.15, 0.2) is 0 Å². The van der Waals surface area contributed by atoms with Gasteiger partial charge in [0, 0.05) is 17.3 Å². The molecular formula is C21H21N5O4S2. The molecule has 0 radical (unpaired) electrons. The number of rotatable bonds is 5. The van der Waals surface area contributed by atoms with Gasteiger partial charge in [-0.3, -0.25) is 4.79 Å². The SMILES string of the molecule is CC(C)(C)C(=O)OCc1nc2ccc3cnc(Nc4cccc(S(N)(=O)=O)c4)nc3c2s1. The summed E-state index contributed by atoms with van der Waals surface area (Å²) >= 11 is 1.40. The first-order valence-electron chi connectivity index (χ1n) is 9.63. The molecular weight excluding hydrogens is 450 g/mol. The zero-order chi connectivity index (χ0) is 23.1. The van der Waals surface area contributed by atoms with Crippen LogP contribution in [-0.4, -0.2) is 29.3 Å². The number of nitrogens with two attached hydrogens (primary N) is 1. The number of carbonyl (C=O) groups is 1. The third-order valence-corrected chi connectivity index (χ3v) is 6.47. The van der Waals surface area contributed by atoms with Crippen LogP contribution in [0.15, 0.2) is 47.5 Å². The number of sulfonamides is 1. The first kappa shape index (κ1) is 22.1. The highest BCUT2D eigenvalue weighted by atomic mass is 32.2. The normalized spacial score (nSPS) is 12.2. The highest BCUT2D eigenvalue weighted by Crippen LogP contribution is 2.30. The summed E-state index contributed by atoms with van der Waals surface area (Å²) in [5.41, 5.74) is 1.33. The molecule has 32 heavy (non-hydrogen) atoms. The lowest BCUT2D eigenvalue weighted by Gasteiger charge is -2.15. The minimum absolute atomic E-state index is 0.0115. The van der Waals surface area contributed by atoms with Crippen LogP contribution in [0.25, 0.3) is 21.1 Å². The van der Waals surface area contributed by atoms with Gasteiger partial charge in [0.2, 0.25) is 16.0 Å². The van der Waals surface area contributed by atoms with E-state index < -0.39 is 15.4 Å². The fourth-order valence-corrected chi connectivity index (χ4v) is 4.41. The van der Waals surface area contributed by atoms with E-state index in [1.165, 1.54) is 23.5 Å². The summed E-state index contributed by atoms with van der Waals surface area (Å²) in [7, 11) is -3.82. The van der Waals surface area contributed by atoms with Crippen LogP contribution in [0.5, 0.6) is 0 Å². The number of aromatic nitrogens is 3. The van der Waals surface area contributed by atoms with Gasteiger partial charge in [0.1, 0.15) is 11.6 Å². The van der Waals surface area contributed by atoms with Gasteiger partial charge >= 0.3 is 5.97 Å². The molecule has 166 valence electrons. The molecule has 0 fully saturated rings. The molecule has 0 aliphatic heterocycles. The maximum absolute atomic E-state index is 12.0. The third-order valence-electron chi connectivity index (χ3n) is 4.51. The summed E-state index contributed by atoms with van der Waals surface area (Å²) in [5.74, 6) is 0.00262. The Hall–Kier alpha value is -3.15. The monoisotopic (exact) mass is 471 g/mol. The van der Waals surface area contributed by atoms with Crippen molar-refractivity contribution in [3.8, 4) is 0 Å². The van der Waals surface area contributed by atoms with Gasteiger partial charge in [-0.2, -0.15) is 0 Å². The third kappa shape index (κ3) is 4.69. The zero-order valence-electron chi connectivity index (χ0n) is 17.6. The van der Waals surface area contributed by atoms with E-state index in [1.807, 2.05) is 12.1 Å². The number of carbonyl (C=O) groups excluding carboxylic acids is 1. The van der Waals surface area contributed by atoms with Crippen molar-refractivity contribution in [2.24, 2.45) is 10.6 Å². The fraction of sp³-hybridized carbons (Fsp3) is 0.238. The predicted molar refractivity (Wildman–Crippen MR) is 123 cm³/mol. The number of benzene rings is 2. The van der Waals surface area contributed by atoms with Crippen LogP contribution < -0.4 is 10.5 Å². The second-order valence-corrected chi connectivity index (χ2v) is 10.8. The number of fused-ring (bicyclic) bond motifs is 3. The summed E-state index contributed by atoms with van der Waals surface area (Å²) in [6, 6.07) is 9.84. The average molecular weight is 472 g/mol. The van der Waals surface area contributed by atoms with E-state index in [9.17, 15) is 13.2 Å². The molecule has 0 aliphatic carbocycles. The second-order valence-electron chi connectivity index (χ2n) is 8.18. The van der Waals surface area contributed by atoms with Crippen LogP contribution >= 0.6 is 11.3 Å². The van der Waals surface area contributed by atoms with Gasteiger partial charge in [-0.1, -0.05) is 6.07 Å². The lowest BCUT2D eigenvalue weighted by molar-refractivity contribution is -0.154. The Bertz CT molecular complexity index is 1440. The van der Waals surface area contributed by atoms with Crippen LogP contribution in [0.2, 0.25) is 0 Å². The number of primary sulfonamides is 1. The van der Waals surface area contributed by atoms with E-state index in [2.05, 4.69) is 20.3 Å². The van der Waals surface area contributed by atoms with Crippen molar-refractivity contribution in [3.63, 3.8) is 0 Å². The van der Waals surface area contributed by atoms with Crippen molar-refractivity contribution >= 4 is 60.1 Å². The van der Waals surface area contributed by atoms with E-state index in [4.69, 9.17) is 9.88 Å². The Morgan fingerprint density at radius 3 is 2.69 bits per heavy atom. The van der Waals surface area contributed by atoms with E-state index in [-0.39, 0.29) is 17.5 Å².